The molecule has 1 atom stereocenters. The Hall–Kier alpha value is -1.07. The average molecular weight is 254 g/mol. The molecular formula is C12H18N2O2S. The van der Waals surface area contributed by atoms with E-state index < -0.39 is 5.97 Å². The van der Waals surface area contributed by atoms with E-state index >= 15 is 0 Å². The highest BCUT2D eigenvalue weighted by atomic mass is 32.1. The first kappa shape index (κ1) is 12.4. The van der Waals surface area contributed by atoms with Crippen LogP contribution in [0.5, 0.6) is 0 Å². The molecule has 0 amide bonds. The van der Waals surface area contributed by atoms with Crippen LogP contribution in [0.4, 0.5) is 5.69 Å². The third-order valence-electron chi connectivity index (χ3n) is 3.35. The lowest BCUT2D eigenvalue weighted by molar-refractivity contribution is 0.0702. The van der Waals surface area contributed by atoms with Gasteiger partial charge in [0, 0.05) is 30.7 Å². The molecule has 0 spiro atoms. The Morgan fingerprint density at radius 1 is 1.65 bits per heavy atom. The van der Waals surface area contributed by atoms with Crippen LogP contribution in [-0.2, 0) is 0 Å². The number of rotatable bonds is 3. The molecule has 1 aliphatic heterocycles. The number of aromatic carboxylic acids is 1. The Morgan fingerprint density at radius 2 is 2.41 bits per heavy atom. The zero-order valence-corrected chi connectivity index (χ0v) is 11.0. The number of carbonyl (C=O) groups is 1. The van der Waals surface area contributed by atoms with E-state index in [0.717, 1.165) is 18.8 Å². The SMILES string of the molecule is CN1CCCC(N(C)c2csc(C(=O)O)c2)C1. The summed E-state index contributed by atoms with van der Waals surface area (Å²) in [5.74, 6) is -0.838. The molecule has 1 aromatic heterocycles. The second-order valence-electron chi connectivity index (χ2n) is 4.64. The molecule has 1 aromatic rings. The van der Waals surface area contributed by atoms with Crippen LogP contribution in [0.2, 0.25) is 0 Å². The third-order valence-corrected chi connectivity index (χ3v) is 4.26. The quantitative estimate of drug-likeness (QED) is 0.895. The Bertz CT molecular complexity index is 405. The summed E-state index contributed by atoms with van der Waals surface area (Å²) >= 11 is 1.30. The molecule has 0 aromatic carbocycles. The van der Waals surface area contributed by atoms with E-state index in [1.165, 1.54) is 24.2 Å². The van der Waals surface area contributed by atoms with Crippen LogP contribution in [0.3, 0.4) is 0 Å². The van der Waals surface area contributed by atoms with Gasteiger partial charge in [-0.3, -0.25) is 0 Å². The predicted molar refractivity (Wildman–Crippen MR) is 70.2 cm³/mol. The number of nitrogens with zero attached hydrogens (tertiary/aromatic N) is 2. The van der Waals surface area contributed by atoms with Crippen molar-refractivity contribution in [3.63, 3.8) is 0 Å². The van der Waals surface area contributed by atoms with Gasteiger partial charge in [-0.2, -0.15) is 0 Å². The van der Waals surface area contributed by atoms with Gasteiger partial charge in [0.15, 0.2) is 0 Å². The van der Waals surface area contributed by atoms with E-state index in [0.29, 0.717) is 10.9 Å². The molecule has 2 rings (SSSR count). The monoisotopic (exact) mass is 254 g/mol. The Kier molecular flexibility index (Phi) is 3.69. The van der Waals surface area contributed by atoms with Crippen molar-refractivity contribution in [1.82, 2.24) is 4.90 Å². The number of thiophene rings is 1. The molecule has 0 saturated carbocycles. The first-order valence-electron chi connectivity index (χ1n) is 5.81. The lowest BCUT2D eigenvalue weighted by Gasteiger charge is -2.36. The fourth-order valence-corrected chi connectivity index (χ4v) is 3.06. The summed E-state index contributed by atoms with van der Waals surface area (Å²) < 4.78 is 0. The summed E-state index contributed by atoms with van der Waals surface area (Å²) in [6.45, 7) is 2.21. The van der Waals surface area contributed by atoms with Crippen molar-refractivity contribution in [2.75, 3.05) is 32.1 Å². The van der Waals surface area contributed by atoms with Crippen LogP contribution in [0.15, 0.2) is 11.4 Å². The molecule has 1 fully saturated rings. The molecule has 0 bridgehead atoms. The Morgan fingerprint density at radius 3 is 3.00 bits per heavy atom. The number of hydrogen-bond acceptors (Lipinski definition) is 4. The zero-order valence-electron chi connectivity index (χ0n) is 10.2. The minimum atomic E-state index is -0.838. The molecule has 1 aliphatic rings. The first-order valence-corrected chi connectivity index (χ1v) is 6.69. The highest BCUT2D eigenvalue weighted by Gasteiger charge is 2.22. The summed E-state index contributed by atoms with van der Waals surface area (Å²) in [5, 5.41) is 10.8. The number of piperidine rings is 1. The lowest BCUT2D eigenvalue weighted by Crippen LogP contribution is -2.44. The van der Waals surface area contributed by atoms with Gasteiger partial charge in [0.1, 0.15) is 4.88 Å². The van der Waals surface area contributed by atoms with Crippen molar-refractivity contribution in [3.8, 4) is 0 Å². The van der Waals surface area contributed by atoms with Crippen molar-refractivity contribution in [1.29, 1.82) is 0 Å². The van der Waals surface area contributed by atoms with Crippen molar-refractivity contribution < 1.29 is 9.90 Å². The fraction of sp³-hybridized carbons (Fsp3) is 0.583. The molecule has 17 heavy (non-hydrogen) atoms. The van der Waals surface area contributed by atoms with Crippen LogP contribution < -0.4 is 4.90 Å². The molecule has 4 nitrogen and oxygen atoms in total. The molecule has 1 N–H and O–H groups in total. The Labute approximate surface area is 105 Å². The molecule has 5 heteroatoms. The highest BCUT2D eigenvalue weighted by molar-refractivity contribution is 7.12. The number of hydrogen-bond donors (Lipinski definition) is 1. The predicted octanol–water partition coefficient (Wildman–Crippen LogP) is 1.98. The van der Waals surface area contributed by atoms with Gasteiger partial charge in [0.2, 0.25) is 0 Å². The normalized spacial score (nSPS) is 21.4. The molecular weight excluding hydrogens is 236 g/mol. The van der Waals surface area contributed by atoms with Crippen molar-refractivity contribution in [2.24, 2.45) is 0 Å². The van der Waals surface area contributed by atoms with E-state index in [2.05, 4.69) is 23.9 Å². The standard InChI is InChI=1S/C12H18N2O2S/c1-13-5-3-4-9(7-13)14(2)10-6-11(12(15)16)17-8-10/h6,8-9H,3-5,7H2,1-2H3,(H,15,16). The number of anilines is 1. The van der Waals surface area contributed by atoms with Crippen molar-refractivity contribution in [3.05, 3.63) is 16.3 Å². The van der Waals surface area contributed by atoms with Gasteiger partial charge in [-0.15, -0.1) is 11.3 Å². The van der Waals surface area contributed by atoms with Gasteiger partial charge < -0.3 is 14.9 Å². The Balaban J connectivity index is 2.07. The first-order chi connectivity index (χ1) is 8.08. The van der Waals surface area contributed by atoms with E-state index in [1.807, 2.05) is 5.38 Å². The zero-order chi connectivity index (χ0) is 12.4. The maximum Gasteiger partial charge on any atom is 0.345 e. The minimum Gasteiger partial charge on any atom is -0.477 e. The second kappa shape index (κ2) is 5.06. The van der Waals surface area contributed by atoms with E-state index in [9.17, 15) is 4.79 Å². The van der Waals surface area contributed by atoms with Crippen LogP contribution in [-0.4, -0.2) is 49.2 Å². The summed E-state index contributed by atoms with van der Waals surface area (Å²) in [7, 11) is 4.19. The molecule has 1 unspecified atom stereocenters. The largest absolute Gasteiger partial charge is 0.477 e. The smallest absolute Gasteiger partial charge is 0.345 e. The summed E-state index contributed by atoms with van der Waals surface area (Å²) in [6, 6.07) is 2.26. The highest BCUT2D eigenvalue weighted by Crippen LogP contribution is 2.26. The number of likely N-dealkylation sites (N-methyl/N-ethyl adjacent to an activating group) is 2. The van der Waals surface area contributed by atoms with Gasteiger partial charge in [-0.05, 0) is 32.5 Å². The summed E-state index contributed by atoms with van der Waals surface area (Å²) in [5.41, 5.74) is 1.02. The van der Waals surface area contributed by atoms with E-state index in [4.69, 9.17) is 5.11 Å². The fourth-order valence-electron chi connectivity index (χ4n) is 2.29. The van der Waals surface area contributed by atoms with Crippen LogP contribution in [0, 0.1) is 0 Å². The molecule has 0 radical (unpaired) electrons. The number of carboxylic acids is 1. The maximum absolute atomic E-state index is 10.8. The van der Waals surface area contributed by atoms with Crippen LogP contribution >= 0.6 is 11.3 Å². The van der Waals surface area contributed by atoms with Crippen LogP contribution in [0.1, 0.15) is 22.5 Å². The molecule has 2 heterocycles. The molecule has 94 valence electrons. The number of carboxylic acid groups (broad SMARTS) is 1. The van der Waals surface area contributed by atoms with Gasteiger partial charge in [-0.1, -0.05) is 0 Å². The van der Waals surface area contributed by atoms with Crippen molar-refractivity contribution >= 4 is 23.0 Å². The molecule has 1 saturated heterocycles. The third kappa shape index (κ3) is 2.79. The average Bonchev–Trinajstić information content (AvgIpc) is 2.77. The van der Waals surface area contributed by atoms with Crippen molar-refractivity contribution in [2.45, 2.75) is 18.9 Å². The van der Waals surface area contributed by atoms with Crippen LogP contribution in [0.25, 0.3) is 0 Å². The van der Waals surface area contributed by atoms with Gasteiger partial charge >= 0.3 is 5.97 Å². The van der Waals surface area contributed by atoms with Gasteiger partial charge in [0.05, 0.1) is 0 Å². The lowest BCUT2D eigenvalue weighted by atomic mass is 10.0. The van der Waals surface area contributed by atoms with E-state index in [-0.39, 0.29) is 0 Å². The summed E-state index contributed by atoms with van der Waals surface area (Å²) in [6.07, 6.45) is 2.39. The minimum absolute atomic E-state index is 0.413. The second-order valence-corrected chi connectivity index (χ2v) is 5.55. The summed E-state index contributed by atoms with van der Waals surface area (Å²) in [4.78, 5) is 15.8. The van der Waals surface area contributed by atoms with Gasteiger partial charge in [0.25, 0.3) is 0 Å². The topological polar surface area (TPSA) is 43.8 Å². The van der Waals surface area contributed by atoms with Gasteiger partial charge in [-0.25, -0.2) is 4.79 Å². The number of likely N-dealkylation sites (tertiary alicyclic amines) is 1. The van der Waals surface area contributed by atoms with E-state index in [1.54, 1.807) is 6.07 Å². The molecule has 0 aliphatic carbocycles. The maximum atomic E-state index is 10.8.